The number of halogens is 1. The second kappa shape index (κ2) is 6.96. The summed E-state index contributed by atoms with van der Waals surface area (Å²) in [6, 6.07) is 18.9. The van der Waals surface area contributed by atoms with E-state index in [0.29, 0.717) is 33.7 Å². The number of nitrogens with zero attached hydrogens (tertiary/aromatic N) is 2. The van der Waals surface area contributed by atoms with E-state index in [1.165, 1.54) is 16.7 Å². The van der Waals surface area contributed by atoms with Gasteiger partial charge in [-0.25, -0.2) is 4.98 Å². The molecule has 3 aromatic carbocycles. The van der Waals surface area contributed by atoms with Crippen LogP contribution in [0, 0.1) is 0 Å². The molecule has 1 amide bonds. The number of phenolic OH excluding ortho intramolecular Hbond substituents is 1. The highest BCUT2D eigenvalue weighted by molar-refractivity contribution is 9.10. The van der Waals surface area contributed by atoms with E-state index in [4.69, 9.17) is 0 Å². The number of aromatic hydroxyl groups is 1. The number of phenols is 1. The minimum Gasteiger partial charge on any atom is -0.508 e. The largest absolute Gasteiger partial charge is 0.508 e. The second-order valence-corrected chi connectivity index (χ2v) is 7.76. The number of hydrogen-bond acceptors (Lipinski definition) is 4. The van der Waals surface area contributed by atoms with Crippen molar-refractivity contribution in [2.24, 2.45) is 0 Å². The van der Waals surface area contributed by atoms with E-state index in [1.54, 1.807) is 36.4 Å². The van der Waals surface area contributed by atoms with Gasteiger partial charge in [0.25, 0.3) is 11.5 Å². The zero-order valence-electron chi connectivity index (χ0n) is 15.5. The summed E-state index contributed by atoms with van der Waals surface area (Å²) in [5.74, 6) is 0.152. The molecule has 0 radical (unpaired) electrons. The smallest absolute Gasteiger partial charge is 0.266 e. The van der Waals surface area contributed by atoms with Gasteiger partial charge in [-0.15, -0.1) is 0 Å². The van der Waals surface area contributed by atoms with Crippen LogP contribution in [0.25, 0.3) is 28.2 Å². The van der Waals surface area contributed by atoms with Gasteiger partial charge in [-0.1, -0.05) is 28.1 Å². The van der Waals surface area contributed by atoms with Crippen molar-refractivity contribution < 1.29 is 9.90 Å². The van der Waals surface area contributed by atoms with Crippen LogP contribution in [0.4, 0.5) is 5.69 Å². The molecule has 0 spiro atoms. The summed E-state index contributed by atoms with van der Waals surface area (Å²) in [5.41, 5.74) is 2.67. The highest BCUT2D eigenvalue weighted by atomic mass is 79.9. The number of benzene rings is 3. The fourth-order valence-electron chi connectivity index (χ4n) is 3.53. The average molecular weight is 460 g/mol. The van der Waals surface area contributed by atoms with Gasteiger partial charge in [0.05, 0.1) is 22.2 Å². The van der Waals surface area contributed by atoms with Gasteiger partial charge < -0.3 is 10.4 Å². The van der Waals surface area contributed by atoms with Crippen molar-refractivity contribution in [3.05, 3.63) is 92.9 Å². The molecule has 30 heavy (non-hydrogen) atoms. The molecule has 6 nitrogen and oxygen atoms in total. The molecule has 1 aliphatic rings. The fourth-order valence-corrected chi connectivity index (χ4v) is 3.89. The van der Waals surface area contributed by atoms with E-state index >= 15 is 0 Å². The maximum absolute atomic E-state index is 13.3. The maximum atomic E-state index is 13.3. The van der Waals surface area contributed by atoms with Gasteiger partial charge in [0.2, 0.25) is 0 Å². The Hall–Kier alpha value is -3.71. The monoisotopic (exact) mass is 459 g/mol. The van der Waals surface area contributed by atoms with Crippen molar-refractivity contribution in [2.75, 3.05) is 5.32 Å². The second-order valence-electron chi connectivity index (χ2n) is 6.85. The summed E-state index contributed by atoms with van der Waals surface area (Å²) < 4.78 is 2.28. The van der Waals surface area contributed by atoms with Gasteiger partial charge >= 0.3 is 0 Å². The molecule has 0 saturated carbocycles. The molecule has 0 fully saturated rings. The molecule has 1 aromatic heterocycles. The molecule has 2 N–H and O–H groups in total. The normalized spacial score (nSPS) is 14.2. The summed E-state index contributed by atoms with van der Waals surface area (Å²) in [7, 11) is 0. The number of fused-ring (bicyclic) bond motifs is 2. The number of hydrogen-bond donors (Lipinski definition) is 2. The molecule has 0 bridgehead atoms. The van der Waals surface area contributed by atoms with Gasteiger partial charge in [0.1, 0.15) is 11.6 Å². The predicted molar refractivity (Wildman–Crippen MR) is 120 cm³/mol. The van der Waals surface area contributed by atoms with Gasteiger partial charge in [-0.3, -0.25) is 14.2 Å². The number of carbonyl (C=O) groups is 1. The summed E-state index contributed by atoms with van der Waals surface area (Å²) >= 11 is 3.44. The van der Waals surface area contributed by atoms with Crippen molar-refractivity contribution in [2.45, 2.75) is 0 Å². The van der Waals surface area contributed by atoms with Crippen LogP contribution in [0.2, 0.25) is 0 Å². The first kappa shape index (κ1) is 18.3. The molecule has 0 atom stereocenters. The summed E-state index contributed by atoms with van der Waals surface area (Å²) in [5, 5.41) is 12.9. The third-order valence-electron chi connectivity index (χ3n) is 4.95. The van der Waals surface area contributed by atoms with Crippen molar-refractivity contribution in [3.8, 4) is 11.4 Å². The van der Waals surface area contributed by atoms with Crippen LogP contribution in [0.3, 0.4) is 0 Å². The van der Waals surface area contributed by atoms with Crippen molar-refractivity contribution in [3.63, 3.8) is 0 Å². The zero-order valence-corrected chi connectivity index (χ0v) is 17.1. The molecular weight excluding hydrogens is 446 g/mol. The third-order valence-corrected chi connectivity index (χ3v) is 5.44. The minimum atomic E-state index is -0.261. The first-order valence-electron chi connectivity index (χ1n) is 9.15. The lowest BCUT2D eigenvalue weighted by molar-refractivity contribution is -0.110. The van der Waals surface area contributed by atoms with Crippen molar-refractivity contribution >= 4 is 50.1 Å². The Morgan fingerprint density at radius 1 is 1.00 bits per heavy atom. The lowest BCUT2D eigenvalue weighted by Gasteiger charge is -2.12. The van der Waals surface area contributed by atoms with Gasteiger partial charge in [-0.2, -0.15) is 0 Å². The molecule has 7 heteroatoms. The number of carbonyl (C=O) groups excluding carboxylic acids is 1. The number of para-hydroxylation sites is 1. The number of aromatic nitrogens is 2. The highest BCUT2D eigenvalue weighted by Crippen LogP contribution is 2.35. The van der Waals surface area contributed by atoms with Crippen molar-refractivity contribution in [1.82, 2.24) is 9.55 Å². The lowest BCUT2D eigenvalue weighted by atomic mass is 10.1. The van der Waals surface area contributed by atoms with Gasteiger partial charge in [-0.05, 0) is 60.7 Å². The Morgan fingerprint density at radius 3 is 2.57 bits per heavy atom. The van der Waals surface area contributed by atoms with Crippen LogP contribution in [-0.4, -0.2) is 20.6 Å². The number of nitrogens with one attached hydrogen (secondary N) is 1. The summed E-state index contributed by atoms with van der Waals surface area (Å²) in [4.78, 5) is 30.6. The number of anilines is 1. The Balaban J connectivity index is 1.81. The Morgan fingerprint density at radius 2 is 1.77 bits per heavy atom. The topological polar surface area (TPSA) is 84.2 Å². The Labute approximate surface area is 179 Å². The van der Waals surface area contributed by atoms with Crippen LogP contribution < -0.4 is 10.9 Å². The molecule has 5 rings (SSSR count). The molecule has 146 valence electrons. The molecule has 1 aliphatic heterocycles. The van der Waals surface area contributed by atoms with Crippen LogP contribution in [-0.2, 0) is 4.79 Å². The fraction of sp³-hybridized carbons (Fsp3) is 0. The summed E-state index contributed by atoms with van der Waals surface area (Å²) in [6.45, 7) is 0. The Kier molecular flexibility index (Phi) is 4.25. The van der Waals surface area contributed by atoms with E-state index in [1.807, 2.05) is 24.3 Å². The predicted octanol–water partition coefficient (Wildman–Crippen LogP) is 4.35. The number of rotatable bonds is 2. The molecule has 4 aromatic rings. The first-order chi connectivity index (χ1) is 14.5. The number of amides is 1. The first-order valence-corrected chi connectivity index (χ1v) is 9.95. The quantitative estimate of drug-likeness (QED) is 0.436. The van der Waals surface area contributed by atoms with E-state index in [-0.39, 0.29) is 17.2 Å². The van der Waals surface area contributed by atoms with E-state index in [0.717, 1.165) is 10.0 Å². The van der Waals surface area contributed by atoms with E-state index < -0.39 is 0 Å². The molecular formula is C23H14BrN3O3. The minimum absolute atomic E-state index is 0.0920. The van der Waals surface area contributed by atoms with Gasteiger partial charge in [0, 0.05) is 15.7 Å². The zero-order chi connectivity index (χ0) is 20.8. The van der Waals surface area contributed by atoms with Crippen LogP contribution in [0.15, 0.2) is 76.0 Å². The standard InChI is InChI=1S/C23H14BrN3O3/c24-13-5-10-20-17(11-13)18(22(29)26-20)12-21-25-19-4-2-1-3-16(19)23(30)27(21)14-6-8-15(28)9-7-14/h1-12,28H,(H,26,29)/b18-12+. The average Bonchev–Trinajstić information content (AvgIpc) is 3.04. The SMILES string of the molecule is O=C1Nc2ccc(Br)cc2/C1=C\c1nc2ccccc2c(=O)n1-c1ccc(O)cc1. The molecule has 0 aliphatic carbocycles. The van der Waals surface area contributed by atoms with E-state index in [2.05, 4.69) is 26.2 Å². The third kappa shape index (κ3) is 3.00. The summed E-state index contributed by atoms with van der Waals surface area (Å²) in [6.07, 6.45) is 1.62. The van der Waals surface area contributed by atoms with Crippen LogP contribution in [0.5, 0.6) is 5.75 Å². The maximum Gasteiger partial charge on any atom is 0.266 e. The Bertz CT molecular complexity index is 1420. The van der Waals surface area contributed by atoms with Crippen LogP contribution in [0.1, 0.15) is 11.4 Å². The highest BCUT2D eigenvalue weighted by Gasteiger charge is 2.25. The lowest BCUT2D eigenvalue weighted by Crippen LogP contribution is -2.22. The molecule has 0 unspecified atom stereocenters. The van der Waals surface area contributed by atoms with Crippen LogP contribution >= 0.6 is 15.9 Å². The molecule has 0 saturated heterocycles. The van der Waals surface area contributed by atoms with Gasteiger partial charge in [0.15, 0.2) is 0 Å². The molecule has 2 heterocycles. The van der Waals surface area contributed by atoms with E-state index in [9.17, 15) is 14.7 Å². The van der Waals surface area contributed by atoms with Crippen molar-refractivity contribution in [1.29, 1.82) is 0 Å².